The molecule has 0 spiro atoms. The van der Waals surface area contributed by atoms with E-state index in [4.69, 9.17) is 4.74 Å². The number of ether oxygens (including phenoxy) is 1. The zero-order valence-corrected chi connectivity index (χ0v) is 12.7. The molecule has 0 radical (unpaired) electrons. The number of esters is 1. The lowest BCUT2D eigenvalue weighted by molar-refractivity contribution is -0.141. The van der Waals surface area contributed by atoms with Crippen LogP contribution in [-0.2, 0) is 9.53 Å². The smallest absolute Gasteiger partial charge is 0.312 e. The molecule has 0 heterocycles. The number of fused-ring (bicyclic) bond motifs is 1. The van der Waals surface area contributed by atoms with Gasteiger partial charge in [0.25, 0.3) is 0 Å². The van der Waals surface area contributed by atoms with E-state index in [1.54, 1.807) is 0 Å². The summed E-state index contributed by atoms with van der Waals surface area (Å²) in [6.45, 7) is 1.86. The van der Waals surface area contributed by atoms with Crippen molar-refractivity contribution in [3.05, 3.63) is 72.3 Å². The summed E-state index contributed by atoms with van der Waals surface area (Å²) in [5.74, 6) is -0.454. The maximum absolute atomic E-state index is 11.6. The molecule has 0 aliphatic heterocycles. The van der Waals surface area contributed by atoms with Crippen LogP contribution in [0.2, 0.25) is 0 Å². The third-order valence-electron chi connectivity index (χ3n) is 4.07. The number of hydrogen-bond acceptors (Lipinski definition) is 2. The van der Waals surface area contributed by atoms with Crippen molar-refractivity contribution in [2.24, 2.45) is 0 Å². The van der Waals surface area contributed by atoms with Gasteiger partial charge in [0.05, 0.1) is 13.0 Å². The molecule has 2 heteroatoms. The SMILES string of the molecule is COC(=O)C(C)c1ccc(-c2cccc3ccccc23)cc1. The van der Waals surface area contributed by atoms with Crippen molar-refractivity contribution >= 4 is 16.7 Å². The molecular formula is C20H18O2. The van der Waals surface area contributed by atoms with Crippen molar-refractivity contribution in [2.45, 2.75) is 12.8 Å². The molecular weight excluding hydrogens is 272 g/mol. The highest BCUT2D eigenvalue weighted by atomic mass is 16.5. The van der Waals surface area contributed by atoms with Gasteiger partial charge in [0.15, 0.2) is 0 Å². The van der Waals surface area contributed by atoms with E-state index >= 15 is 0 Å². The Hall–Kier alpha value is -2.61. The summed E-state index contributed by atoms with van der Waals surface area (Å²) in [5, 5.41) is 2.46. The summed E-state index contributed by atoms with van der Waals surface area (Å²) >= 11 is 0. The Bertz CT molecular complexity index is 798. The molecule has 1 atom stereocenters. The summed E-state index contributed by atoms with van der Waals surface area (Å²) in [4.78, 5) is 11.6. The third-order valence-corrected chi connectivity index (χ3v) is 4.07. The predicted molar refractivity (Wildman–Crippen MR) is 89.8 cm³/mol. The van der Waals surface area contributed by atoms with Gasteiger partial charge in [0.1, 0.15) is 0 Å². The van der Waals surface area contributed by atoms with Gasteiger partial charge in [-0.25, -0.2) is 0 Å². The van der Waals surface area contributed by atoms with Crippen molar-refractivity contribution in [3.63, 3.8) is 0 Å². The average Bonchev–Trinajstić information content (AvgIpc) is 2.60. The Labute approximate surface area is 130 Å². The molecule has 3 aromatic carbocycles. The second kappa shape index (κ2) is 6.02. The quantitative estimate of drug-likeness (QED) is 0.649. The first-order chi connectivity index (χ1) is 10.7. The molecule has 2 nitrogen and oxygen atoms in total. The summed E-state index contributed by atoms with van der Waals surface area (Å²) < 4.78 is 4.80. The van der Waals surface area contributed by atoms with E-state index in [-0.39, 0.29) is 11.9 Å². The van der Waals surface area contributed by atoms with Crippen LogP contribution in [0.5, 0.6) is 0 Å². The summed E-state index contributed by atoms with van der Waals surface area (Å²) in [6, 6.07) is 22.8. The molecule has 0 N–H and O–H groups in total. The summed E-state index contributed by atoms with van der Waals surface area (Å²) in [7, 11) is 1.42. The molecule has 0 fully saturated rings. The molecule has 0 bridgehead atoms. The summed E-state index contributed by atoms with van der Waals surface area (Å²) in [5.41, 5.74) is 3.32. The van der Waals surface area contributed by atoms with Gasteiger partial charge >= 0.3 is 5.97 Å². The molecule has 0 aliphatic carbocycles. The minimum absolute atomic E-state index is 0.210. The Kier molecular flexibility index (Phi) is 3.92. The van der Waals surface area contributed by atoms with Crippen molar-refractivity contribution in [1.29, 1.82) is 0 Å². The Morgan fingerprint density at radius 1 is 0.909 bits per heavy atom. The zero-order valence-electron chi connectivity index (χ0n) is 12.7. The van der Waals surface area contributed by atoms with E-state index < -0.39 is 0 Å². The van der Waals surface area contributed by atoms with E-state index in [1.165, 1.54) is 23.4 Å². The van der Waals surface area contributed by atoms with Gasteiger partial charge in [-0.3, -0.25) is 4.79 Å². The number of methoxy groups -OCH3 is 1. The molecule has 0 saturated heterocycles. The number of carbonyl (C=O) groups is 1. The van der Waals surface area contributed by atoms with Gasteiger partial charge in [-0.1, -0.05) is 66.7 Å². The van der Waals surface area contributed by atoms with Crippen LogP contribution < -0.4 is 0 Å². The molecule has 0 aromatic heterocycles. The Morgan fingerprint density at radius 3 is 2.32 bits per heavy atom. The van der Waals surface area contributed by atoms with Crippen molar-refractivity contribution < 1.29 is 9.53 Å². The van der Waals surface area contributed by atoms with Crippen LogP contribution in [-0.4, -0.2) is 13.1 Å². The lowest BCUT2D eigenvalue weighted by Crippen LogP contribution is -2.10. The van der Waals surface area contributed by atoms with Crippen molar-refractivity contribution in [2.75, 3.05) is 7.11 Å². The van der Waals surface area contributed by atoms with Crippen LogP contribution in [0.4, 0.5) is 0 Å². The molecule has 0 amide bonds. The van der Waals surface area contributed by atoms with E-state index in [2.05, 4.69) is 48.5 Å². The fourth-order valence-corrected chi connectivity index (χ4v) is 2.74. The van der Waals surface area contributed by atoms with Crippen LogP contribution in [0.15, 0.2) is 66.7 Å². The minimum Gasteiger partial charge on any atom is -0.469 e. The monoisotopic (exact) mass is 290 g/mol. The zero-order chi connectivity index (χ0) is 15.5. The van der Waals surface area contributed by atoms with E-state index in [0.29, 0.717) is 0 Å². The standard InChI is InChI=1S/C20H18O2/c1-14(20(21)22-2)15-10-12-17(13-11-15)19-9-5-7-16-6-3-4-8-18(16)19/h3-14H,1-2H3. The van der Waals surface area contributed by atoms with Crippen LogP contribution in [0, 0.1) is 0 Å². The highest BCUT2D eigenvalue weighted by Crippen LogP contribution is 2.29. The maximum atomic E-state index is 11.6. The second-order valence-corrected chi connectivity index (χ2v) is 5.39. The second-order valence-electron chi connectivity index (χ2n) is 5.39. The molecule has 3 aromatic rings. The third kappa shape index (κ3) is 2.60. The molecule has 1 unspecified atom stereocenters. The Balaban J connectivity index is 2.00. The average molecular weight is 290 g/mol. The van der Waals surface area contributed by atoms with Crippen LogP contribution in [0.25, 0.3) is 21.9 Å². The predicted octanol–water partition coefficient (Wildman–Crippen LogP) is 4.78. The van der Waals surface area contributed by atoms with E-state index in [0.717, 1.165) is 11.1 Å². The molecule has 3 rings (SSSR count). The lowest BCUT2D eigenvalue weighted by Gasteiger charge is -2.11. The molecule has 22 heavy (non-hydrogen) atoms. The Morgan fingerprint density at radius 2 is 1.59 bits per heavy atom. The van der Waals surface area contributed by atoms with E-state index in [1.807, 2.05) is 25.1 Å². The van der Waals surface area contributed by atoms with Gasteiger partial charge in [-0.05, 0) is 34.4 Å². The molecule has 110 valence electrons. The van der Waals surface area contributed by atoms with Crippen molar-refractivity contribution in [3.8, 4) is 11.1 Å². The topological polar surface area (TPSA) is 26.3 Å². The van der Waals surface area contributed by atoms with Gasteiger partial charge in [0.2, 0.25) is 0 Å². The number of benzene rings is 3. The van der Waals surface area contributed by atoms with Gasteiger partial charge in [-0.15, -0.1) is 0 Å². The van der Waals surface area contributed by atoms with Gasteiger partial charge in [0, 0.05) is 0 Å². The number of hydrogen-bond donors (Lipinski definition) is 0. The normalized spacial score (nSPS) is 12.1. The number of rotatable bonds is 3. The van der Waals surface area contributed by atoms with E-state index in [9.17, 15) is 4.79 Å². The van der Waals surface area contributed by atoms with Crippen LogP contribution in [0.3, 0.4) is 0 Å². The first kappa shape index (κ1) is 14.3. The minimum atomic E-state index is -0.244. The highest BCUT2D eigenvalue weighted by molar-refractivity contribution is 5.96. The van der Waals surface area contributed by atoms with Crippen LogP contribution in [0.1, 0.15) is 18.4 Å². The molecule has 0 aliphatic rings. The largest absolute Gasteiger partial charge is 0.469 e. The first-order valence-corrected chi connectivity index (χ1v) is 7.36. The van der Waals surface area contributed by atoms with Gasteiger partial charge < -0.3 is 4.74 Å². The highest BCUT2D eigenvalue weighted by Gasteiger charge is 2.15. The fraction of sp³-hybridized carbons (Fsp3) is 0.150. The summed E-state index contributed by atoms with van der Waals surface area (Å²) in [6.07, 6.45) is 0. The maximum Gasteiger partial charge on any atom is 0.312 e. The fourth-order valence-electron chi connectivity index (χ4n) is 2.74. The van der Waals surface area contributed by atoms with Crippen molar-refractivity contribution in [1.82, 2.24) is 0 Å². The number of carbonyl (C=O) groups excluding carboxylic acids is 1. The van der Waals surface area contributed by atoms with Gasteiger partial charge in [-0.2, -0.15) is 0 Å². The molecule has 0 saturated carbocycles. The first-order valence-electron chi connectivity index (χ1n) is 7.36. The van der Waals surface area contributed by atoms with Crippen LogP contribution >= 0.6 is 0 Å². The lowest BCUT2D eigenvalue weighted by atomic mass is 9.95.